The van der Waals surface area contributed by atoms with Gasteiger partial charge in [-0.1, -0.05) is 18.2 Å². The zero-order valence-electron chi connectivity index (χ0n) is 10.5. The summed E-state index contributed by atoms with van der Waals surface area (Å²) in [6.07, 6.45) is 2.81. The van der Waals surface area contributed by atoms with Crippen LogP contribution in [0, 0.1) is 6.92 Å². The average molecular weight is 233 g/mol. The second kappa shape index (κ2) is 5.32. The number of rotatable bonds is 3. The van der Waals surface area contributed by atoms with Crippen molar-refractivity contribution in [2.24, 2.45) is 0 Å². The first-order valence-corrected chi connectivity index (χ1v) is 6.10. The summed E-state index contributed by atoms with van der Waals surface area (Å²) in [4.78, 5) is 11.2. The van der Waals surface area contributed by atoms with Crippen LogP contribution in [0.4, 0.5) is 0 Å². The van der Waals surface area contributed by atoms with E-state index in [1.165, 1.54) is 31.1 Å². The number of carbonyl (C=O) groups excluding carboxylic acids is 1. The minimum atomic E-state index is -0.184. The molecule has 0 spiro atoms. The minimum Gasteiger partial charge on any atom is -0.469 e. The summed E-state index contributed by atoms with van der Waals surface area (Å²) in [5, 5.41) is 3.49. The normalized spacial score (nSPS) is 19.3. The van der Waals surface area contributed by atoms with Crippen molar-refractivity contribution in [1.29, 1.82) is 0 Å². The third kappa shape index (κ3) is 2.86. The molecule has 1 saturated heterocycles. The highest BCUT2D eigenvalue weighted by Crippen LogP contribution is 2.26. The number of carbonyl (C=O) groups is 1. The Kier molecular flexibility index (Phi) is 3.79. The summed E-state index contributed by atoms with van der Waals surface area (Å²) < 4.78 is 4.67. The lowest BCUT2D eigenvalue weighted by atomic mass is 9.97. The summed E-state index contributed by atoms with van der Waals surface area (Å²) in [6.45, 7) is 3.21. The molecule has 0 bridgehead atoms. The second-order valence-electron chi connectivity index (χ2n) is 4.59. The summed E-state index contributed by atoms with van der Waals surface area (Å²) in [5.74, 6) is -0.184. The van der Waals surface area contributed by atoms with E-state index >= 15 is 0 Å². The fourth-order valence-corrected chi connectivity index (χ4v) is 2.43. The van der Waals surface area contributed by atoms with E-state index in [0.717, 1.165) is 12.1 Å². The van der Waals surface area contributed by atoms with E-state index in [1.807, 2.05) is 6.07 Å². The average Bonchev–Trinajstić information content (AvgIpc) is 2.82. The van der Waals surface area contributed by atoms with Gasteiger partial charge in [-0.25, -0.2) is 0 Å². The molecule has 3 nitrogen and oxygen atoms in total. The molecular formula is C14H19NO2. The van der Waals surface area contributed by atoms with Gasteiger partial charge in [0, 0.05) is 6.04 Å². The van der Waals surface area contributed by atoms with Crippen LogP contribution in [-0.2, 0) is 16.0 Å². The molecule has 1 fully saturated rings. The van der Waals surface area contributed by atoms with E-state index in [2.05, 4.69) is 29.1 Å². The lowest BCUT2D eigenvalue weighted by Gasteiger charge is -2.14. The predicted octanol–water partition coefficient (Wildman–Crippen LogP) is 2.14. The van der Waals surface area contributed by atoms with Crippen LogP contribution in [0.3, 0.4) is 0 Å². The number of aryl methyl sites for hydroxylation is 1. The van der Waals surface area contributed by atoms with Crippen LogP contribution in [0.2, 0.25) is 0 Å². The molecule has 1 aromatic carbocycles. The molecule has 1 aliphatic heterocycles. The van der Waals surface area contributed by atoms with Gasteiger partial charge in [-0.3, -0.25) is 4.79 Å². The smallest absolute Gasteiger partial charge is 0.309 e. The van der Waals surface area contributed by atoms with Gasteiger partial charge in [0.15, 0.2) is 0 Å². The fraction of sp³-hybridized carbons (Fsp3) is 0.500. The first kappa shape index (κ1) is 12.1. The number of nitrogens with one attached hydrogen (secondary N) is 1. The van der Waals surface area contributed by atoms with E-state index in [-0.39, 0.29) is 5.97 Å². The Hall–Kier alpha value is -1.35. The number of esters is 1. The molecule has 2 rings (SSSR count). The molecule has 92 valence electrons. The van der Waals surface area contributed by atoms with Gasteiger partial charge in [0.1, 0.15) is 0 Å². The van der Waals surface area contributed by atoms with Gasteiger partial charge in [-0.05, 0) is 43.0 Å². The zero-order valence-corrected chi connectivity index (χ0v) is 10.5. The molecule has 0 amide bonds. The lowest BCUT2D eigenvalue weighted by molar-refractivity contribution is -0.139. The Balaban J connectivity index is 2.13. The van der Waals surface area contributed by atoms with Crippen molar-refractivity contribution in [3.8, 4) is 0 Å². The standard InChI is InChI=1S/C14H19NO2/c1-10-8-11(9-14(16)17-2)5-6-12(10)13-4-3-7-15-13/h5-6,8,13,15H,3-4,7,9H2,1-2H3. The molecule has 1 aliphatic rings. The highest BCUT2D eigenvalue weighted by Gasteiger charge is 2.18. The van der Waals surface area contributed by atoms with Crippen LogP contribution < -0.4 is 5.32 Å². The number of hydrogen-bond acceptors (Lipinski definition) is 3. The molecule has 17 heavy (non-hydrogen) atoms. The fourth-order valence-electron chi connectivity index (χ4n) is 2.43. The van der Waals surface area contributed by atoms with Gasteiger partial charge in [-0.15, -0.1) is 0 Å². The Labute approximate surface area is 102 Å². The van der Waals surface area contributed by atoms with Crippen LogP contribution in [0.25, 0.3) is 0 Å². The molecule has 0 saturated carbocycles. The molecule has 1 heterocycles. The third-order valence-corrected chi connectivity index (χ3v) is 3.35. The Morgan fingerprint density at radius 2 is 2.35 bits per heavy atom. The minimum absolute atomic E-state index is 0.184. The van der Waals surface area contributed by atoms with Crippen LogP contribution in [0.1, 0.15) is 35.6 Å². The highest BCUT2D eigenvalue weighted by molar-refractivity contribution is 5.72. The van der Waals surface area contributed by atoms with Crippen molar-refractivity contribution in [3.05, 3.63) is 34.9 Å². The molecule has 0 aromatic heterocycles. The maximum absolute atomic E-state index is 11.2. The first-order chi connectivity index (χ1) is 8.20. The number of methoxy groups -OCH3 is 1. The Morgan fingerprint density at radius 3 is 2.94 bits per heavy atom. The van der Waals surface area contributed by atoms with Gasteiger partial charge in [-0.2, -0.15) is 0 Å². The molecule has 1 atom stereocenters. The van der Waals surface area contributed by atoms with Gasteiger partial charge >= 0.3 is 5.97 Å². The lowest BCUT2D eigenvalue weighted by Crippen LogP contribution is -2.14. The van der Waals surface area contributed by atoms with Crippen molar-refractivity contribution < 1.29 is 9.53 Å². The number of benzene rings is 1. The van der Waals surface area contributed by atoms with E-state index in [1.54, 1.807) is 0 Å². The molecule has 1 aromatic rings. The molecule has 0 aliphatic carbocycles. The van der Waals surface area contributed by atoms with Crippen LogP contribution in [-0.4, -0.2) is 19.6 Å². The molecule has 0 radical (unpaired) electrons. The molecule has 1 N–H and O–H groups in total. The van der Waals surface area contributed by atoms with Crippen LogP contribution in [0.5, 0.6) is 0 Å². The third-order valence-electron chi connectivity index (χ3n) is 3.35. The monoisotopic (exact) mass is 233 g/mol. The quantitative estimate of drug-likeness (QED) is 0.813. The maximum atomic E-state index is 11.2. The van der Waals surface area contributed by atoms with Gasteiger partial charge in [0.25, 0.3) is 0 Å². The van der Waals surface area contributed by atoms with E-state index in [4.69, 9.17) is 0 Å². The van der Waals surface area contributed by atoms with Crippen molar-refractivity contribution >= 4 is 5.97 Å². The summed E-state index contributed by atoms with van der Waals surface area (Å²) >= 11 is 0. The van der Waals surface area contributed by atoms with Crippen molar-refractivity contribution in [2.45, 2.75) is 32.2 Å². The predicted molar refractivity (Wildman–Crippen MR) is 66.9 cm³/mol. The van der Waals surface area contributed by atoms with E-state index in [9.17, 15) is 4.79 Å². The zero-order chi connectivity index (χ0) is 12.3. The van der Waals surface area contributed by atoms with Gasteiger partial charge in [0.2, 0.25) is 0 Å². The van der Waals surface area contributed by atoms with E-state index < -0.39 is 0 Å². The molecule has 3 heteroatoms. The SMILES string of the molecule is COC(=O)Cc1ccc(C2CCCN2)c(C)c1. The Morgan fingerprint density at radius 1 is 1.53 bits per heavy atom. The molecule has 1 unspecified atom stereocenters. The number of hydrogen-bond donors (Lipinski definition) is 1. The van der Waals surface area contributed by atoms with Crippen LogP contribution >= 0.6 is 0 Å². The van der Waals surface area contributed by atoms with Crippen molar-refractivity contribution in [1.82, 2.24) is 5.32 Å². The Bertz CT molecular complexity index is 409. The number of ether oxygens (including phenoxy) is 1. The summed E-state index contributed by atoms with van der Waals surface area (Å²) in [5.41, 5.74) is 3.64. The van der Waals surface area contributed by atoms with Gasteiger partial charge < -0.3 is 10.1 Å². The summed E-state index contributed by atoms with van der Waals surface area (Å²) in [6, 6.07) is 6.74. The van der Waals surface area contributed by atoms with E-state index in [0.29, 0.717) is 12.5 Å². The second-order valence-corrected chi connectivity index (χ2v) is 4.59. The van der Waals surface area contributed by atoms with Gasteiger partial charge in [0.05, 0.1) is 13.5 Å². The topological polar surface area (TPSA) is 38.3 Å². The first-order valence-electron chi connectivity index (χ1n) is 6.10. The van der Waals surface area contributed by atoms with Crippen molar-refractivity contribution in [3.63, 3.8) is 0 Å². The van der Waals surface area contributed by atoms with Crippen molar-refractivity contribution in [2.75, 3.05) is 13.7 Å². The molecular weight excluding hydrogens is 214 g/mol. The largest absolute Gasteiger partial charge is 0.469 e. The summed E-state index contributed by atoms with van der Waals surface area (Å²) in [7, 11) is 1.42. The maximum Gasteiger partial charge on any atom is 0.309 e. The highest BCUT2D eigenvalue weighted by atomic mass is 16.5. The van der Waals surface area contributed by atoms with Crippen LogP contribution in [0.15, 0.2) is 18.2 Å².